The van der Waals surface area contributed by atoms with E-state index in [0.29, 0.717) is 0 Å². The summed E-state index contributed by atoms with van der Waals surface area (Å²) >= 11 is -1.65. The quantitative estimate of drug-likeness (QED) is 0.129. The van der Waals surface area contributed by atoms with Crippen molar-refractivity contribution in [3.63, 3.8) is 0 Å². The first-order valence-corrected chi connectivity index (χ1v) is 24.6. The molecular weight excluding hydrogens is 575 g/mol. The molecule has 0 heterocycles. The third kappa shape index (κ3) is 6.67. The molecule has 182 valence electrons. The predicted molar refractivity (Wildman–Crippen MR) is 161 cm³/mol. The molecule has 6 rings (SSSR count). The smallest absolute Gasteiger partial charge is 0.0469 e. The number of hydrogen-bond acceptors (Lipinski definition) is 0. The van der Waals surface area contributed by atoms with Crippen LogP contribution in [0.3, 0.4) is 0 Å². The third-order valence-corrected chi connectivity index (χ3v) is 25.9. The minimum atomic E-state index is -1.65. The van der Waals surface area contributed by atoms with Gasteiger partial charge in [0.25, 0.3) is 0 Å². The van der Waals surface area contributed by atoms with E-state index in [0.717, 1.165) is 0 Å². The van der Waals surface area contributed by atoms with Crippen LogP contribution in [0.15, 0.2) is 109 Å². The topological polar surface area (TPSA) is 0 Å². The zero-order valence-electron chi connectivity index (χ0n) is 21.1. The summed E-state index contributed by atoms with van der Waals surface area (Å²) in [4.78, 5) is 0. The van der Waals surface area contributed by atoms with Crippen molar-refractivity contribution >= 4 is 54.8 Å². The van der Waals surface area contributed by atoms with Gasteiger partial charge in [0.15, 0.2) is 0 Å². The number of hydrogen-bond donors (Lipinski definition) is 0. The molecule has 0 unspecified atom stereocenters. The van der Waals surface area contributed by atoms with E-state index in [9.17, 15) is 0 Å². The molecule has 0 bridgehead atoms. The number of aryl methyl sites for hydroxylation is 2. The van der Waals surface area contributed by atoms with Crippen molar-refractivity contribution < 1.29 is 18.0 Å². The fourth-order valence-corrected chi connectivity index (χ4v) is 4.28. The average molecular weight is 605 g/mol. The van der Waals surface area contributed by atoms with Crippen LogP contribution >= 0.6 is 17.0 Å². The first-order valence-electron chi connectivity index (χ1n) is 12.1. The van der Waals surface area contributed by atoms with E-state index in [-0.39, 0.29) is 5.43 Å². The predicted octanol–water partition coefficient (Wildman–Crippen LogP) is 10.7. The van der Waals surface area contributed by atoms with Crippen LogP contribution in [0.25, 0.3) is 43.4 Å². The summed E-state index contributed by atoms with van der Waals surface area (Å²) in [5, 5.41) is 8.11. The minimum absolute atomic E-state index is 0.224. The maximum Gasteiger partial charge on any atom is -0.0469 e. The number of fused-ring (bicyclic) bond motifs is 4. The summed E-state index contributed by atoms with van der Waals surface area (Å²) in [6.45, 7) is 8.61. The van der Waals surface area contributed by atoms with Crippen LogP contribution in [0.5, 0.6) is 0 Å². The molecule has 6 aromatic rings. The van der Waals surface area contributed by atoms with Gasteiger partial charge in [-0.2, -0.15) is 0 Å². The minimum Gasteiger partial charge on any atom is -0.150 e. The van der Waals surface area contributed by atoms with Gasteiger partial charge in [-0.3, -0.25) is 0 Å². The van der Waals surface area contributed by atoms with Gasteiger partial charge in [-0.05, 0) is 13.8 Å². The van der Waals surface area contributed by atoms with Crippen LogP contribution in [0, 0.1) is 13.8 Å². The molecule has 0 saturated carbocycles. The van der Waals surface area contributed by atoms with Crippen LogP contribution in [0.1, 0.15) is 11.1 Å². The van der Waals surface area contributed by atoms with E-state index in [1.54, 1.807) is 0 Å². The fraction of sp³-hybridized carbons (Fsp3) is 0.125. The molecule has 0 nitrogen and oxygen atoms in total. The molecule has 0 aliphatic carbocycles. The van der Waals surface area contributed by atoms with Gasteiger partial charge in [0, 0.05) is 0 Å². The van der Waals surface area contributed by atoms with Gasteiger partial charge in [-0.1, -0.05) is 77.4 Å². The van der Waals surface area contributed by atoms with Gasteiger partial charge in [-0.25, -0.2) is 0 Å². The summed E-state index contributed by atoms with van der Waals surface area (Å²) in [7, 11) is 11.2. The SMILES string of the molecule is C[Si](C)=[Zr]([Cl])[Cl].Cc1ccc2c(c1)[cH-]c1cc(C)ccc12.c1ccc(-c2c[cH-]c3ccccc23)cc1. The molecule has 0 N–H and O–H groups in total. The molecule has 0 saturated heterocycles. The molecule has 0 spiro atoms. The van der Waals surface area contributed by atoms with E-state index in [1.165, 1.54) is 54.6 Å². The van der Waals surface area contributed by atoms with Gasteiger partial charge in [-0.15, -0.1) is 86.4 Å². The van der Waals surface area contributed by atoms with Gasteiger partial charge < -0.3 is 0 Å². The Kier molecular flexibility index (Phi) is 9.42. The van der Waals surface area contributed by atoms with Crippen molar-refractivity contribution in [2.75, 3.05) is 0 Å². The molecule has 0 aliphatic heterocycles. The Labute approximate surface area is 229 Å². The standard InChI is InChI=1S/C15H13.C15H11.C2H6Si.2ClH.Zr/c1-10-3-5-14-12(7-10)9-13-8-11(2)4-6-15(13)14;1-2-6-12(7-3-1)15-11-10-13-8-4-5-9-14(13)15;1-3-2;;;/h3-9H,1-2H3;1-11H;1-2H3;2*1H;/q2*-1;;;;+2/p-2. The molecule has 0 fully saturated rings. The molecule has 0 radical (unpaired) electrons. The van der Waals surface area contributed by atoms with Crippen molar-refractivity contribution in [3.8, 4) is 11.1 Å². The summed E-state index contributed by atoms with van der Waals surface area (Å²) in [5.41, 5.74) is 5.05. The molecule has 36 heavy (non-hydrogen) atoms. The van der Waals surface area contributed by atoms with Gasteiger partial charge in [0.05, 0.1) is 0 Å². The Morgan fingerprint density at radius 3 is 1.72 bits per heavy atom. The van der Waals surface area contributed by atoms with Crippen LogP contribution in [-0.4, -0.2) is 5.43 Å². The average Bonchev–Trinajstić information content (AvgIpc) is 3.45. The summed E-state index contributed by atoms with van der Waals surface area (Å²) in [5.74, 6) is 0. The second-order valence-electron chi connectivity index (χ2n) is 9.29. The summed E-state index contributed by atoms with van der Waals surface area (Å²) < 4.78 is 0. The van der Waals surface area contributed by atoms with Crippen LogP contribution in [0.2, 0.25) is 13.1 Å². The monoisotopic (exact) mass is 602 g/mol. The Bertz CT molecular complexity index is 1570. The zero-order chi connectivity index (χ0) is 25.7. The number of rotatable bonds is 1. The van der Waals surface area contributed by atoms with E-state index in [2.05, 4.69) is 136 Å². The van der Waals surface area contributed by atoms with Crippen molar-refractivity contribution in [1.29, 1.82) is 0 Å². The van der Waals surface area contributed by atoms with Gasteiger partial charge in [0.2, 0.25) is 0 Å². The third-order valence-electron chi connectivity index (χ3n) is 6.16. The Morgan fingerprint density at radius 1 is 0.639 bits per heavy atom. The van der Waals surface area contributed by atoms with E-state index >= 15 is 0 Å². The molecule has 0 amide bonds. The first-order chi connectivity index (χ1) is 17.3. The Balaban J connectivity index is 0.000000139. The van der Waals surface area contributed by atoms with E-state index in [4.69, 9.17) is 17.0 Å². The van der Waals surface area contributed by atoms with Crippen molar-refractivity contribution in [3.05, 3.63) is 120 Å². The van der Waals surface area contributed by atoms with Gasteiger partial charge >= 0.3 is 53.5 Å². The van der Waals surface area contributed by atoms with Crippen molar-refractivity contribution in [2.24, 2.45) is 0 Å². The summed E-state index contributed by atoms with van der Waals surface area (Å²) in [6, 6.07) is 39.0. The first kappa shape index (κ1) is 27.1. The number of halogens is 2. The second kappa shape index (κ2) is 12.5. The van der Waals surface area contributed by atoms with Crippen molar-refractivity contribution in [1.82, 2.24) is 0 Å². The zero-order valence-corrected chi connectivity index (χ0v) is 26.1. The molecular formula is C32H30Cl2SiZr-2. The molecule has 0 atom stereocenters. The Hall–Kier alpha value is -1.96. The molecule has 4 heteroatoms. The van der Waals surface area contributed by atoms with Crippen LogP contribution < -0.4 is 0 Å². The maximum absolute atomic E-state index is 5.62. The largest absolute Gasteiger partial charge is 0.150 e. The molecule has 6 aromatic carbocycles. The number of benzene rings is 4. The second-order valence-corrected chi connectivity index (χ2v) is 32.3. The molecule has 0 aliphatic rings. The normalized spacial score (nSPS) is 10.5. The van der Waals surface area contributed by atoms with Crippen LogP contribution in [-0.2, 0) is 18.0 Å². The van der Waals surface area contributed by atoms with E-state index in [1.807, 2.05) is 0 Å². The Morgan fingerprint density at radius 2 is 1.17 bits per heavy atom. The van der Waals surface area contributed by atoms with Gasteiger partial charge in [0.1, 0.15) is 0 Å². The maximum atomic E-state index is 5.62. The van der Waals surface area contributed by atoms with Crippen molar-refractivity contribution in [2.45, 2.75) is 26.9 Å². The fourth-order valence-electron chi connectivity index (χ4n) is 4.28. The van der Waals surface area contributed by atoms with Crippen LogP contribution in [0.4, 0.5) is 0 Å². The van der Waals surface area contributed by atoms with E-state index < -0.39 is 18.0 Å². The molecule has 0 aromatic heterocycles. The summed E-state index contributed by atoms with van der Waals surface area (Å²) in [6.07, 6.45) is 0.